The molecule has 1 rings (SSSR count). The average Bonchev–Trinajstić information content (AvgIpc) is 2.13. The van der Waals surface area contributed by atoms with Gasteiger partial charge in [-0.1, -0.05) is 0 Å². The first-order chi connectivity index (χ1) is 5.72. The Balaban J connectivity index is 2.85. The largest absolute Gasteiger partial charge is 0.324 e. The first kappa shape index (κ1) is 10.5. The van der Waals surface area contributed by atoms with Crippen LogP contribution in [-0.4, -0.2) is 36.5 Å². The molecule has 0 atom stereocenters. The minimum absolute atomic E-state index is 0.0637. The summed E-state index contributed by atoms with van der Waals surface area (Å²) >= 11 is 0. The summed E-state index contributed by atoms with van der Waals surface area (Å²) in [6, 6.07) is 0. The zero-order valence-corrected chi connectivity index (χ0v) is 8.60. The van der Waals surface area contributed by atoms with Gasteiger partial charge in [0.05, 0.1) is 12.3 Å². The highest BCUT2D eigenvalue weighted by molar-refractivity contribution is 7.90. The summed E-state index contributed by atoms with van der Waals surface area (Å²) in [5, 5.41) is 0. The maximum absolute atomic E-state index is 11.3. The zero-order chi connectivity index (χ0) is 10.3. The fourth-order valence-corrected chi connectivity index (χ4v) is 2.75. The number of sulfonamides is 1. The van der Waals surface area contributed by atoms with Gasteiger partial charge in [-0.25, -0.2) is 12.7 Å². The Bertz CT molecular complexity index is 315. The molecule has 0 aromatic heterocycles. The van der Waals surface area contributed by atoms with E-state index in [-0.39, 0.29) is 24.6 Å². The van der Waals surface area contributed by atoms with E-state index in [0.717, 1.165) is 4.31 Å². The summed E-state index contributed by atoms with van der Waals surface area (Å²) in [5.41, 5.74) is 4.97. The number of hydrogen-bond donors (Lipinski definition) is 1. The van der Waals surface area contributed by atoms with E-state index < -0.39 is 15.6 Å². The summed E-state index contributed by atoms with van der Waals surface area (Å²) in [7, 11) is -3.37. The molecule has 1 aliphatic rings. The van der Waals surface area contributed by atoms with E-state index in [2.05, 4.69) is 0 Å². The SMILES string of the molecule is CC(C)(N)CN1C(=O)CCS1(=O)=O. The topological polar surface area (TPSA) is 80.5 Å². The van der Waals surface area contributed by atoms with Gasteiger partial charge < -0.3 is 5.73 Å². The minimum Gasteiger partial charge on any atom is -0.324 e. The predicted octanol–water partition coefficient (Wildman–Crippen LogP) is -0.714. The van der Waals surface area contributed by atoms with Gasteiger partial charge in [-0.3, -0.25) is 4.79 Å². The van der Waals surface area contributed by atoms with Crippen molar-refractivity contribution >= 4 is 15.9 Å². The van der Waals surface area contributed by atoms with Crippen LogP contribution in [0, 0.1) is 0 Å². The Labute approximate surface area is 77.9 Å². The van der Waals surface area contributed by atoms with Crippen LogP contribution < -0.4 is 5.73 Å². The molecule has 0 spiro atoms. The standard InChI is InChI=1S/C7H14N2O3S/c1-7(2,8)5-9-6(10)3-4-13(9,11)12/h3-5,8H2,1-2H3. The van der Waals surface area contributed by atoms with Gasteiger partial charge >= 0.3 is 0 Å². The second kappa shape index (κ2) is 2.95. The molecule has 1 fully saturated rings. The average molecular weight is 206 g/mol. The van der Waals surface area contributed by atoms with Gasteiger partial charge in [-0.05, 0) is 13.8 Å². The first-order valence-corrected chi connectivity index (χ1v) is 5.65. The van der Waals surface area contributed by atoms with E-state index in [1.165, 1.54) is 0 Å². The molecule has 5 nitrogen and oxygen atoms in total. The molecule has 0 bridgehead atoms. The van der Waals surface area contributed by atoms with E-state index in [4.69, 9.17) is 5.73 Å². The van der Waals surface area contributed by atoms with Crippen molar-refractivity contribution in [1.29, 1.82) is 0 Å². The lowest BCUT2D eigenvalue weighted by atomic mass is 10.1. The van der Waals surface area contributed by atoms with Crippen molar-refractivity contribution < 1.29 is 13.2 Å². The zero-order valence-electron chi connectivity index (χ0n) is 7.78. The molecule has 2 N–H and O–H groups in total. The molecular weight excluding hydrogens is 192 g/mol. The molecular formula is C7H14N2O3S. The Morgan fingerprint density at radius 2 is 2.08 bits per heavy atom. The molecule has 0 aromatic rings. The molecule has 0 saturated carbocycles. The van der Waals surface area contributed by atoms with Crippen LogP contribution in [0.15, 0.2) is 0 Å². The van der Waals surface area contributed by atoms with Crippen LogP contribution in [0.25, 0.3) is 0 Å². The highest BCUT2D eigenvalue weighted by Gasteiger charge is 2.37. The smallest absolute Gasteiger partial charge is 0.237 e. The first-order valence-electron chi connectivity index (χ1n) is 4.04. The molecule has 1 saturated heterocycles. The highest BCUT2D eigenvalue weighted by Crippen LogP contribution is 2.17. The maximum Gasteiger partial charge on any atom is 0.237 e. The van der Waals surface area contributed by atoms with Gasteiger partial charge in [0.15, 0.2) is 0 Å². The number of rotatable bonds is 2. The van der Waals surface area contributed by atoms with Crippen LogP contribution in [-0.2, 0) is 14.8 Å². The summed E-state index contributed by atoms with van der Waals surface area (Å²) in [4.78, 5) is 11.2. The van der Waals surface area contributed by atoms with Crippen LogP contribution >= 0.6 is 0 Å². The van der Waals surface area contributed by atoms with Crippen molar-refractivity contribution in [3.05, 3.63) is 0 Å². The van der Waals surface area contributed by atoms with E-state index in [1.54, 1.807) is 13.8 Å². The fraction of sp³-hybridized carbons (Fsp3) is 0.857. The number of nitrogens with zero attached hydrogens (tertiary/aromatic N) is 1. The Hall–Kier alpha value is -0.620. The van der Waals surface area contributed by atoms with Gasteiger partial charge in [0.25, 0.3) is 0 Å². The summed E-state index contributed by atoms with van der Waals surface area (Å²) < 4.78 is 23.5. The Morgan fingerprint density at radius 1 is 1.54 bits per heavy atom. The fourth-order valence-electron chi connectivity index (χ4n) is 1.16. The van der Waals surface area contributed by atoms with Crippen LogP contribution in [0.4, 0.5) is 0 Å². The monoisotopic (exact) mass is 206 g/mol. The van der Waals surface area contributed by atoms with Gasteiger partial charge in [0.2, 0.25) is 15.9 Å². The van der Waals surface area contributed by atoms with Crippen molar-refractivity contribution in [3.63, 3.8) is 0 Å². The van der Waals surface area contributed by atoms with E-state index >= 15 is 0 Å². The molecule has 1 amide bonds. The molecule has 0 radical (unpaired) electrons. The molecule has 13 heavy (non-hydrogen) atoms. The third kappa shape index (κ3) is 2.41. The van der Waals surface area contributed by atoms with Crippen LogP contribution in [0.1, 0.15) is 20.3 Å². The van der Waals surface area contributed by atoms with Gasteiger partial charge in [-0.2, -0.15) is 0 Å². The Morgan fingerprint density at radius 3 is 2.38 bits per heavy atom. The maximum atomic E-state index is 11.3. The lowest BCUT2D eigenvalue weighted by molar-refractivity contribution is -0.125. The lowest BCUT2D eigenvalue weighted by Crippen LogP contribution is -2.47. The van der Waals surface area contributed by atoms with Crippen molar-refractivity contribution in [2.45, 2.75) is 25.8 Å². The summed E-state index contributed by atoms with van der Waals surface area (Å²) in [5.74, 6) is -0.430. The molecule has 0 aromatic carbocycles. The van der Waals surface area contributed by atoms with Crippen molar-refractivity contribution in [2.24, 2.45) is 5.73 Å². The predicted molar refractivity (Wildman–Crippen MR) is 48.4 cm³/mol. The van der Waals surface area contributed by atoms with Crippen LogP contribution in [0.2, 0.25) is 0 Å². The third-order valence-corrected chi connectivity index (χ3v) is 3.46. The van der Waals surface area contributed by atoms with Crippen molar-refractivity contribution in [1.82, 2.24) is 4.31 Å². The van der Waals surface area contributed by atoms with Gasteiger partial charge in [0, 0.05) is 12.0 Å². The molecule has 0 aliphatic carbocycles. The molecule has 0 unspecified atom stereocenters. The third-order valence-electron chi connectivity index (χ3n) is 1.74. The van der Waals surface area contributed by atoms with Gasteiger partial charge in [-0.15, -0.1) is 0 Å². The molecule has 76 valence electrons. The van der Waals surface area contributed by atoms with Crippen LogP contribution in [0.3, 0.4) is 0 Å². The summed E-state index contributed by atoms with van der Waals surface area (Å²) in [6.45, 7) is 3.44. The number of hydrogen-bond acceptors (Lipinski definition) is 4. The van der Waals surface area contributed by atoms with E-state index in [9.17, 15) is 13.2 Å². The minimum atomic E-state index is -3.37. The quantitative estimate of drug-likeness (QED) is 0.647. The molecule has 6 heteroatoms. The second-order valence-electron chi connectivity index (χ2n) is 3.95. The number of nitrogens with two attached hydrogens (primary N) is 1. The second-order valence-corrected chi connectivity index (χ2v) is 5.97. The molecule has 1 aliphatic heterocycles. The number of carbonyl (C=O) groups is 1. The highest BCUT2D eigenvalue weighted by atomic mass is 32.2. The number of carbonyl (C=O) groups excluding carboxylic acids is 1. The van der Waals surface area contributed by atoms with Crippen molar-refractivity contribution in [3.8, 4) is 0 Å². The number of amides is 1. The lowest BCUT2D eigenvalue weighted by Gasteiger charge is -2.24. The summed E-state index contributed by atoms with van der Waals surface area (Å²) in [6.07, 6.45) is 0.0818. The van der Waals surface area contributed by atoms with Gasteiger partial charge in [0.1, 0.15) is 0 Å². The molecule has 1 heterocycles. The Kier molecular flexibility index (Phi) is 2.38. The normalized spacial score (nSPS) is 22.4. The van der Waals surface area contributed by atoms with Crippen LogP contribution in [0.5, 0.6) is 0 Å². The van der Waals surface area contributed by atoms with E-state index in [1.807, 2.05) is 0 Å². The van der Waals surface area contributed by atoms with E-state index in [0.29, 0.717) is 0 Å². The van der Waals surface area contributed by atoms with Crippen molar-refractivity contribution in [2.75, 3.05) is 12.3 Å².